The van der Waals surface area contributed by atoms with Crippen molar-refractivity contribution >= 4 is 5.97 Å². The minimum Gasteiger partial charge on any atom is -0.459 e. The van der Waals surface area contributed by atoms with E-state index in [0.29, 0.717) is 6.42 Å². The molecule has 13 heavy (non-hydrogen) atoms. The fourth-order valence-electron chi connectivity index (χ4n) is 1.68. The number of cyclic esters (lactones) is 1. The van der Waals surface area contributed by atoms with E-state index in [1.165, 1.54) is 0 Å². The quantitative estimate of drug-likeness (QED) is 0.488. The highest BCUT2D eigenvalue weighted by Gasteiger charge is 2.46. The molecule has 0 amide bonds. The smallest absolute Gasteiger partial charge is 0.306 e. The van der Waals surface area contributed by atoms with Gasteiger partial charge in [-0.05, 0) is 13.8 Å². The third-order valence-electron chi connectivity index (χ3n) is 2.45. The summed E-state index contributed by atoms with van der Waals surface area (Å²) in [5.74, 6) is -0.218. The molecule has 1 saturated heterocycles. The molecule has 0 spiro atoms. The van der Waals surface area contributed by atoms with E-state index in [2.05, 4.69) is 0 Å². The Labute approximate surface area is 78.2 Å². The fourth-order valence-corrected chi connectivity index (χ4v) is 1.68. The molecule has 0 saturated carbocycles. The highest BCUT2D eigenvalue weighted by molar-refractivity contribution is 5.72. The largest absolute Gasteiger partial charge is 0.459 e. The van der Waals surface area contributed by atoms with Crippen molar-refractivity contribution in [3.8, 4) is 0 Å². The van der Waals surface area contributed by atoms with Gasteiger partial charge in [0.05, 0.1) is 12.3 Å². The van der Waals surface area contributed by atoms with E-state index < -0.39 is 5.60 Å². The van der Waals surface area contributed by atoms with Crippen molar-refractivity contribution in [2.45, 2.75) is 32.2 Å². The SMILES string of the molecule is COC(OC)C1CC(=O)OC1(C)C. The minimum atomic E-state index is -0.492. The van der Waals surface area contributed by atoms with Crippen LogP contribution in [0.1, 0.15) is 20.3 Å². The van der Waals surface area contributed by atoms with Gasteiger partial charge in [0.1, 0.15) is 5.60 Å². The van der Waals surface area contributed by atoms with Gasteiger partial charge in [0.15, 0.2) is 6.29 Å². The predicted octanol–water partition coefficient (Wildman–Crippen LogP) is 0.947. The lowest BCUT2D eigenvalue weighted by Gasteiger charge is -2.29. The summed E-state index contributed by atoms with van der Waals surface area (Å²) in [7, 11) is 3.13. The van der Waals surface area contributed by atoms with Gasteiger partial charge in [-0.2, -0.15) is 0 Å². The molecule has 1 heterocycles. The Balaban J connectivity index is 2.73. The molecule has 0 aromatic carbocycles. The van der Waals surface area contributed by atoms with E-state index in [9.17, 15) is 4.79 Å². The van der Waals surface area contributed by atoms with Crippen LogP contribution in [0, 0.1) is 5.92 Å². The normalized spacial score (nSPS) is 26.5. The number of rotatable bonds is 3. The molecular formula is C9H16O4. The molecule has 1 rings (SSSR count). The Bertz CT molecular complexity index is 196. The molecule has 0 radical (unpaired) electrons. The van der Waals surface area contributed by atoms with E-state index in [1.54, 1.807) is 14.2 Å². The summed E-state index contributed by atoms with van der Waals surface area (Å²) < 4.78 is 15.4. The van der Waals surface area contributed by atoms with Gasteiger partial charge < -0.3 is 14.2 Å². The molecule has 4 heteroatoms. The van der Waals surface area contributed by atoms with Crippen molar-refractivity contribution in [1.29, 1.82) is 0 Å². The summed E-state index contributed by atoms with van der Waals surface area (Å²) in [5, 5.41) is 0. The summed E-state index contributed by atoms with van der Waals surface area (Å²) in [4.78, 5) is 11.1. The maximum Gasteiger partial charge on any atom is 0.306 e. The van der Waals surface area contributed by atoms with Crippen LogP contribution < -0.4 is 0 Å². The number of hydrogen-bond donors (Lipinski definition) is 0. The van der Waals surface area contributed by atoms with Gasteiger partial charge >= 0.3 is 5.97 Å². The third kappa shape index (κ3) is 2.00. The Morgan fingerprint density at radius 1 is 1.46 bits per heavy atom. The Morgan fingerprint density at radius 2 is 2.00 bits per heavy atom. The van der Waals surface area contributed by atoms with Crippen molar-refractivity contribution in [2.24, 2.45) is 5.92 Å². The Morgan fingerprint density at radius 3 is 2.31 bits per heavy atom. The third-order valence-corrected chi connectivity index (χ3v) is 2.45. The molecule has 0 aromatic heterocycles. The van der Waals surface area contributed by atoms with Crippen LogP contribution in [0.5, 0.6) is 0 Å². The first-order valence-electron chi connectivity index (χ1n) is 4.28. The van der Waals surface area contributed by atoms with Crippen LogP contribution in [0.15, 0.2) is 0 Å². The molecule has 1 unspecified atom stereocenters. The molecular weight excluding hydrogens is 172 g/mol. The molecule has 4 nitrogen and oxygen atoms in total. The van der Waals surface area contributed by atoms with Gasteiger partial charge in [-0.25, -0.2) is 0 Å². The Kier molecular flexibility index (Phi) is 2.93. The van der Waals surface area contributed by atoms with E-state index in [-0.39, 0.29) is 18.2 Å². The highest BCUT2D eigenvalue weighted by Crippen LogP contribution is 2.35. The maximum absolute atomic E-state index is 11.1. The van der Waals surface area contributed by atoms with Crippen molar-refractivity contribution in [1.82, 2.24) is 0 Å². The monoisotopic (exact) mass is 188 g/mol. The molecule has 0 aromatic rings. The number of esters is 1. The van der Waals surface area contributed by atoms with Crippen molar-refractivity contribution < 1.29 is 19.0 Å². The number of ether oxygens (including phenoxy) is 3. The lowest BCUT2D eigenvalue weighted by molar-refractivity contribution is -0.168. The summed E-state index contributed by atoms with van der Waals surface area (Å²) in [5.41, 5.74) is -0.492. The first-order valence-corrected chi connectivity index (χ1v) is 4.28. The Hall–Kier alpha value is -0.610. The highest BCUT2D eigenvalue weighted by atomic mass is 16.7. The van der Waals surface area contributed by atoms with Crippen molar-refractivity contribution in [2.75, 3.05) is 14.2 Å². The zero-order valence-corrected chi connectivity index (χ0v) is 8.49. The zero-order chi connectivity index (χ0) is 10.1. The van der Waals surface area contributed by atoms with Crippen LogP contribution in [0.25, 0.3) is 0 Å². The molecule has 0 aliphatic carbocycles. The van der Waals surface area contributed by atoms with Gasteiger partial charge in [0.2, 0.25) is 0 Å². The topological polar surface area (TPSA) is 44.8 Å². The summed E-state index contributed by atoms with van der Waals surface area (Å²) in [6.45, 7) is 3.74. The van der Waals surface area contributed by atoms with E-state index >= 15 is 0 Å². The maximum atomic E-state index is 11.1. The van der Waals surface area contributed by atoms with Gasteiger partial charge in [0.25, 0.3) is 0 Å². The zero-order valence-electron chi connectivity index (χ0n) is 8.49. The molecule has 1 atom stereocenters. The van der Waals surface area contributed by atoms with Crippen molar-refractivity contribution in [3.05, 3.63) is 0 Å². The van der Waals surface area contributed by atoms with E-state index in [0.717, 1.165) is 0 Å². The van der Waals surface area contributed by atoms with E-state index in [4.69, 9.17) is 14.2 Å². The van der Waals surface area contributed by atoms with Gasteiger partial charge in [0, 0.05) is 14.2 Å². The van der Waals surface area contributed by atoms with Gasteiger partial charge in [-0.1, -0.05) is 0 Å². The first-order chi connectivity index (χ1) is 6.01. The first kappa shape index (κ1) is 10.5. The molecule has 0 N–H and O–H groups in total. The van der Waals surface area contributed by atoms with Crippen LogP contribution in [0.4, 0.5) is 0 Å². The van der Waals surface area contributed by atoms with E-state index in [1.807, 2.05) is 13.8 Å². The average molecular weight is 188 g/mol. The van der Waals surface area contributed by atoms with Crippen LogP contribution in [-0.4, -0.2) is 32.1 Å². The van der Waals surface area contributed by atoms with Gasteiger partial charge in [-0.3, -0.25) is 4.79 Å². The molecule has 0 bridgehead atoms. The van der Waals surface area contributed by atoms with Crippen LogP contribution in [-0.2, 0) is 19.0 Å². The molecule has 1 aliphatic heterocycles. The lowest BCUT2D eigenvalue weighted by atomic mass is 9.90. The lowest BCUT2D eigenvalue weighted by Crippen LogP contribution is -2.38. The summed E-state index contributed by atoms with van der Waals surface area (Å²) in [6, 6.07) is 0. The summed E-state index contributed by atoms with van der Waals surface area (Å²) >= 11 is 0. The predicted molar refractivity (Wildman–Crippen MR) is 46.1 cm³/mol. The fraction of sp³-hybridized carbons (Fsp3) is 0.889. The number of methoxy groups -OCH3 is 2. The molecule has 76 valence electrons. The van der Waals surface area contributed by atoms with Crippen LogP contribution in [0.3, 0.4) is 0 Å². The second-order valence-electron chi connectivity index (χ2n) is 3.73. The standard InChI is InChI=1S/C9H16O4/c1-9(2)6(5-7(10)13-9)8(11-3)12-4/h6,8H,5H2,1-4H3. The second kappa shape index (κ2) is 3.64. The molecule has 1 fully saturated rings. The van der Waals surface area contributed by atoms with Gasteiger partial charge in [-0.15, -0.1) is 0 Å². The number of carbonyl (C=O) groups excluding carboxylic acids is 1. The summed E-state index contributed by atoms with van der Waals surface area (Å²) in [6.07, 6.45) is -0.0132. The second-order valence-corrected chi connectivity index (χ2v) is 3.73. The number of carbonyl (C=O) groups is 1. The van der Waals surface area contributed by atoms with Crippen molar-refractivity contribution in [3.63, 3.8) is 0 Å². The number of hydrogen-bond acceptors (Lipinski definition) is 4. The average Bonchev–Trinajstić information content (AvgIpc) is 2.28. The molecule has 1 aliphatic rings. The minimum absolute atomic E-state index is 0.0324. The van der Waals surface area contributed by atoms with Crippen LogP contribution >= 0.6 is 0 Å². The van der Waals surface area contributed by atoms with Crippen LogP contribution in [0.2, 0.25) is 0 Å².